The molecule has 1 unspecified atom stereocenters. The average molecular weight is 277 g/mol. The van der Waals surface area contributed by atoms with E-state index in [-0.39, 0.29) is 0 Å². The summed E-state index contributed by atoms with van der Waals surface area (Å²) in [4.78, 5) is 1.32. The van der Waals surface area contributed by atoms with Gasteiger partial charge in [-0.05, 0) is 30.2 Å². The summed E-state index contributed by atoms with van der Waals surface area (Å²) in [6.07, 6.45) is 2.40. The Balaban J connectivity index is 1.99. The molecule has 0 saturated heterocycles. The maximum atomic E-state index is 5.59. The number of alkyl halides is 1. The minimum Gasteiger partial charge on any atom is -0.376 e. The van der Waals surface area contributed by atoms with E-state index >= 15 is 0 Å². The zero-order chi connectivity index (χ0) is 10.2. The highest BCUT2D eigenvalue weighted by atomic mass is 79.9. The number of ether oxygens (including phenoxy) is 1. The van der Waals surface area contributed by atoms with Crippen molar-refractivity contribution in [1.82, 2.24) is 0 Å². The highest BCUT2D eigenvalue weighted by Gasteiger charge is 2.01. The van der Waals surface area contributed by atoms with E-state index in [2.05, 4.69) is 40.4 Å². The lowest BCUT2D eigenvalue weighted by Crippen LogP contribution is -2.02. The third kappa shape index (κ3) is 5.13. The van der Waals surface area contributed by atoms with Crippen LogP contribution in [0.1, 0.15) is 24.6 Å². The molecule has 0 spiro atoms. The standard InChI is InChI=1S/C11H17BrOS/c1-10(4-6-12)5-7-13-9-11-3-2-8-14-11/h2-3,8,10H,4-7,9H2,1H3. The molecule has 0 fully saturated rings. The zero-order valence-electron chi connectivity index (χ0n) is 8.54. The summed E-state index contributed by atoms with van der Waals surface area (Å²) in [5.74, 6) is 0.762. The van der Waals surface area contributed by atoms with Gasteiger partial charge in [0.15, 0.2) is 0 Å². The van der Waals surface area contributed by atoms with Crippen molar-refractivity contribution in [2.24, 2.45) is 5.92 Å². The number of hydrogen-bond acceptors (Lipinski definition) is 2. The van der Waals surface area contributed by atoms with Crippen LogP contribution < -0.4 is 0 Å². The molecule has 0 aliphatic carbocycles. The molecule has 1 aromatic rings. The Morgan fingerprint density at radius 2 is 2.36 bits per heavy atom. The van der Waals surface area contributed by atoms with Crippen LogP contribution in [0.3, 0.4) is 0 Å². The molecule has 80 valence electrons. The van der Waals surface area contributed by atoms with Gasteiger partial charge in [0, 0.05) is 16.8 Å². The van der Waals surface area contributed by atoms with Crippen LogP contribution in [0, 0.1) is 5.92 Å². The van der Waals surface area contributed by atoms with Crippen molar-refractivity contribution in [1.29, 1.82) is 0 Å². The first-order valence-corrected chi connectivity index (χ1v) is 6.99. The summed E-state index contributed by atoms with van der Waals surface area (Å²) in [7, 11) is 0. The topological polar surface area (TPSA) is 9.23 Å². The van der Waals surface area contributed by atoms with Gasteiger partial charge in [-0.15, -0.1) is 11.3 Å². The van der Waals surface area contributed by atoms with Crippen molar-refractivity contribution in [2.45, 2.75) is 26.4 Å². The highest BCUT2D eigenvalue weighted by molar-refractivity contribution is 9.09. The molecule has 0 saturated carbocycles. The van der Waals surface area contributed by atoms with E-state index < -0.39 is 0 Å². The molecule has 0 aromatic carbocycles. The fraction of sp³-hybridized carbons (Fsp3) is 0.636. The van der Waals surface area contributed by atoms with Gasteiger partial charge in [-0.1, -0.05) is 28.9 Å². The van der Waals surface area contributed by atoms with Crippen molar-refractivity contribution < 1.29 is 4.74 Å². The van der Waals surface area contributed by atoms with Gasteiger partial charge < -0.3 is 4.74 Å². The molecule has 14 heavy (non-hydrogen) atoms. The molecule has 0 aliphatic rings. The predicted molar refractivity (Wildman–Crippen MR) is 66.2 cm³/mol. The number of thiophene rings is 1. The van der Waals surface area contributed by atoms with Crippen molar-refractivity contribution in [3.8, 4) is 0 Å². The van der Waals surface area contributed by atoms with Gasteiger partial charge >= 0.3 is 0 Å². The van der Waals surface area contributed by atoms with E-state index in [4.69, 9.17) is 4.74 Å². The lowest BCUT2D eigenvalue weighted by molar-refractivity contribution is 0.110. The molecular weight excluding hydrogens is 260 g/mol. The monoisotopic (exact) mass is 276 g/mol. The van der Waals surface area contributed by atoms with Crippen LogP contribution in [0.4, 0.5) is 0 Å². The third-order valence-corrected chi connectivity index (χ3v) is 3.49. The summed E-state index contributed by atoms with van der Waals surface area (Å²) in [6.45, 7) is 3.93. The molecule has 1 atom stereocenters. The van der Waals surface area contributed by atoms with Crippen LogP contribution in [-0.4, -0.2) is 11.9 Å². The second-order valence-electron chi connectivity index (χ2n) is 3.50. The molecule has 0 amide bonds. The summed E-state index contributed by atoms with van der Waals surface area (Å²) in [6, 6.07) is 4.18. The first-order chi connectivity index (χ1) is 6.83. The predicted octanol–water partition coefficient (Wildman–Crippen LogP) is 4.08. The average Bonchev–Trinajstić information content (AvgIpc) is 2.65. The van der Waals surface area contributed by atoms with Gasteiger partial charge in [0.1, 0.15) is 0 Å². The Morgan fingerprint density at radius 3 is 3.00 bits per heavy atom. The van der Waals surface area contributed by atoms with Crippen LogP contribution in [0.15, 0.2) is 17.5 Å². The second kappa shape index (κ2) is 7.43. The van der Waals surface area contributed by atoms with E-state index in [9.17, 15) is 0 Å². The Labute approximate surface area is 98.6 Å². The number of halogens is 1. The normalized spacial score (nSPS) is 13.0. The minimum atomic E-state index is 0.762. The van der Waals surface area contributed by atoms with Crippen LogP contribution >= 0.6 is 27.3 Å². The summed E-state index contributed by atoms with van der Waals surface area (Å²) >= 11 is 5.21. The Kier molecular flexibility index (Phi) is 6.48. The highest BCUT2D eigenvalue weighted by Crippen LogP contribution is 2.12. The largest absolute Gasteiger partial charge is 0.376 e. The van der Waals surface area contributed by atoms with Crippen molar-refractivity contribution in [3.63, 3.8) is 0 Å². The lowest BCUT2D eigenvalue weighted by Gasteiger charge is -2.08. The molecule has 1 heterocycles. The van der Waals surface area contributed by atoms with E-state index in [1.807, 2.05) is 0 Å². The van der Waals surface area contributed by atoms with Crippen LogP contribution in [0.2, 0.25) is 0 Å². The van der Waals surface area contributed by atoms with Gasteiger partial charge in [-0.25, -0.2) is 0 Å². The van der Waals surface area contributed by atoms with Gasteiger partial charge in [0.25, 0.3) is 0 Å². The zero-order valence-corrected chi connectivity index (χ0v) is 10.9. The summed E-state index contributed by atoms with van der Waals surface area (Å²) in [5, 5.41) is 3.19. The fourth-order valence-corrected chi connectivity index (χ4v) is 2.60. The number of hydrogen-bond donors (Lipinski definition) is 0. The summed E-state index contributed by atoms with van der Waals surface area (Å²) < 4.78 is 5.59. The minimum absolute atomic E-state index is 0.762. The van der Waals surface area contributed by atoms with Gasteiger partial charge in [-0.3, -0.25) is 0 Å². The lowest BCUT2D eigenvalue weighted by atomic mass is 10.1. The van der Waals surface area contributed by atoms with Crippen molar-refractivity contribution >= 4 is 27.3 Å². The molecule has 1 nitrogen and oxygen atoms in total. The van der Waals surface area contributed by atoms with Crippen molar-refractivity contribution in [2.75, 3.05) is 11.9 Å². The van der Waals surface area contributed by atoms with E-state index in [0.717, 1.165) is 30.9 Å². The number of rotatable bonds is 7. The molecule has 3 heteroatoms. The van der Waals surface area contributed by atoms with Gasteiger partial charge in [-0.2, -0.15) is 0 Å². The van der Waals surface area contributed by atoms with Gasteiger partial charge in [0.05, 0.1) is 6.61 Å². The Morgan fingerprint density at radius 1 is 1.50 bits per heavy atom. The van der Waals surface area contributed by atoms with E-state index in [1.165, 1.54) is 11.3 Å². The molecule has 1 rings (SSSR count). The first kappa shape index (κ1) is 12.2. The van der Waals surface area contributed by atoms with Crippen molar-refractivity contribution in [3.05, 3.63) is 22.4 Å². The molecule has 1 aromatic heterocycles. The maximum Gasteiger partial charge on any atom is 0.0809 e. The first-order valence-electron chi connectivity index (χ1n) is 4.99. The second-order valence-corrected chi connectivity index (χ2v) is 5.33. The molecular formula is C11H17BrOS. The third-order valence-electron chi connectivity index (χ3n) is 2.18. The molecule has 0 radical (unpaired) electrons. The van der Waals surface area contributed by atoms with E-state index in [1.54, 1.807) is 11.3 Å². The Hall–Kier alpha value is 0.140. The van der Waals surface area contributed by atoms with Crippen LogP contribution in [-0.2, 0) is 11.3 Å². The molecule has 0 bridgehead atoms. The smallest absolute Gasteiger partial charge is 0.0809 e. The van der Waals surface area contributed by atoms with Crippen LogP contribution in [0.25, 0.3) is 0 Å². The van der Waals surface area contributed by atoms with Gasteiger partial charge in [0.2, 0.25) is 0 Å². The Bertz CT molecular complexity index is 223. The van der Waals surface area contributed by atoms with E-state index in [0.29, 0.717) is 0 Å². The quantitative estimate of drug-likeness (QED) is 0.539. The molecule has 0 N–H and O–H groups in total. The summed E-state index contributed by atoms with van der Waals surface area (Å²) in [5.41, 5.74) is 0. The SMILES string of the molecule is CC(CCBr)CCOCc1cccs1. The molecule has 0 aliphatic heterocycles. The fourth-order valence-electron chi connectivity index (χ4n) is 1.18. The maximum absolute atomic E-state index is 5.59. The van der Waals surface area contributed by atoms with Crippen LogP contribution in [0.5, 0.6) is 0 Å².